The molecular weight excluding hydrogens is 877 g/mol. The normalized spacial score (nSPS) is 12.3. The average Bonchev–Trinajstić information content (AvgIpc) is 3.37. The van der Waals surface area contributed by atoms with E-state index < -0.39 is 6.10 Å². The molecule has 0 aliphatic carbocycles. The zero-order chi connectivity index (χ0) is 51.4. The van der Waals surface area contributed by atoms with Gasteiger partial charge in [0.2, 0.25) is 0 Å². The molecule has 0 aliphatic rings. The molecule has 0 fully saturated rings. The van der Waals surface area contributed by atoms with Gasteiger partial charge in [0.05, 0.1) is 0 Å². The van der Waals surface area contributed by atoms with E-state index in [0.29, 0.717) is 19.3 Å². The number of esters is 3. The molecule has 0 radical (unpaired) electrons. The fraction of sp³-hybridized carbons (Fsp3) is 0.831. The number of carbonyl (C=O) groups excluding carboxylic acids is 3. The minimum atomic E-state index is -0.777. The fourth-order valence-electron chi connectivity index (χ4n) is 9.05. The molecule has 71 heavy (non-hydrogen) atoms. The summed E-state index contributed by atoms with van der Waals surface area (Å²) in [5.41, 5.74) is 0. The Kier molecular flexibility index (Phi) is 57.7. The summed E-state index contributed by atoms with van der Waals surface area (Å²) in [6.45, 7) is 6.63. The van der Waals surface area contributed by atoms with Crippen LogP contribution in [-0.2, 0) is 28.6 Å². The lowest BCUT2D eigenvalue weighted by Crippen LogP contribution is -2.30. The first-order valence-electron chi connectivity index (χ1n) is 31.1. The van der Waals surface area contributed by atoms with Gasteiger partial charge >= 0.3 is 17.9 Å². The van der Waals surface area contributed by atoms with Crippen molar-refractivity contribution in [1.82, 2.24) is 0 Å². The van der Waals surface area contributed by atoms with E-state index in [9.17, 15) is 14.4 Å². The Bertz CT molecular complexity index is 1230. The van der Waals surface area contributed by atoms with Crippen LogP contribution in [0, 0.1) is 0 Å². The van der Waals surface area contributed by atoms with Gasteiger partial charge in [-0.15, -0.1) is 0 Å². The molecule has 1 atom stereocenters. The maximum atomic E-state index is 12.9. The standard InChI is InChI=1S/C65H118O6/c1-4-7-10-13-16-19-22-25-28-30-32-34-37-40-43-46-49-52-55-58-64(67)70-61-62(60-69-63(66)57-54-51-48-45-42-39-36-27-24-21-18-15-12-9-6-3)71-65(68)59-56-53-50-47-44-41-38-35-33-31-29-26-23-20-17-14-11-8-5-2/h16,19,21,24-26,28-29,62H,4-15,17-18,20,22-23,27,30-61H2,1-3H3/b19-16+,24-21+,28-25+,29-26+/t62-/m1/s1. The SMILES string of the molecule is CCCCC/C=C/C/C=C/CCCCCCCCCCCC(=O)OC[C@@H](COC(=O)CCCCCCCCC/C=C/CCCCCC)OC(=O)CCCCCCCCCCC/C=C/CCCCCCCC. The van der Waals surface area contributed by atoms with Crippen LogP contribution in [0.3, 0.4) is 0 Å². The highest BCUT2D eigenvalue weighted by Crippen LogP contribution is 2.16. The molecule has 0 saturated heterocycles. The van der Waals surface area contributed by atoms with Crippen molar-refractivity contribution in [1.29, 1.82) is 0 Å². The predicted octanol–water partition coefficient (Wildman–Crippen LogP) is 21.0. The molecule has 0 spiro atoms. The second-order valence-corrected chi connectivity index (χ2v) is 21.0. The third kappa shape index (κ3) is 58.1. The van der Waals surface area contributed by atoms with Gasteiger partial charge in [0.25, 0.3) is 0 Å². The lowest BCUT2D eigenvalue weighted by molar-refractivity contribution is -0.167. The molecule has 0 aromatic rings. The van der Waals surface area contributed by atoms with Crippen molar-refractivity contribution in [3.8, 4) is 0 Å². The third-order valence-corrected chi connectivity index (χ3v) is 13.8. The smallest absolute Gasteiger partial charge is 0.306 e. The molecule has 0 aliphatic heterocycles. The fourth-order valence-corrected chi connectivity index (χ4v) is 9.05. The Balaban J connectivity index is 4.35. The van der Waals surface area contributed by atoms with Crippen LogP contribution >= 0.6 is 0 Å². The summed E-state index contributed by atoms with van der Waals surface area (Å²) in [5.74, 6) is -0.868. The van der Waals surface area contributed by atoms with Crippen LogP contribution < -0.4 is 0 Å². The largest absolute Gasteiger partial charge is 0.462 e. The van der Waals surface area contributed by atoms with Crippen LogP contribution in [0.1, 0.15) is 329 Å². The number of allylic oxidation sites excluding steroid dienone is 8. The van der Waals surface area contributed by atoms with Gasteiger partial charge in [-0.05, 0) is 103 Å². The quantitative estimate of drug-likeness (QED) is 0.0261. The summed E-state index contributed by atoms with van der Waals surface area (Å²) in [4.78, 5) is 38.3. The van der Waals surface area contributed by atoms with Crippen molar-refractivity contribution >= 4 is 17.9 Å². The lowest BCUT2D eigenvalue weighted by atomic mass is 10.1. The van der Waals surface area contributed by atoms with Gasteiger partial charge in [-0.1, -0.05) is 256 Å². The number of ether oxygens (including phenoxy) is 3. The minimum Gasteiger partial charge on any atom is -0.462 e. The summed E-state index contributed by atoms with van der Waals surface area (Å²) in [7, 11) is 0. The Morgan fingerprint density at radius 2 is 0.507 bits per heavy atom. The van der Waals surface area contributed by atoms with Crippen molar-refractivity contribution in [3.05, 3.63) is 48.6 Å². The van der Waals surface area contributed by atoms with E-state index >= 15 is 0 Å². The molecule has 0 aromatic heterocycles. The predicted molar refractivity (Wildman–Crippen MR) is 307 cm³/mol. The van der Waals surface area contributed by atoms with Crippen LogP contribution in [0.2, 0.25) is 0 Å². The molecule has 0 rings (SSSR count). The molecule has 0 aromatic carbocycles. The monoisotopic (exact) mass is 995 g/mol. The number of hydrogen-bond donors (Lipinski definition) is 0. The van der Waals surface area contributed by atoms with Gasteiger partial charge < -0.3 is 14.2 Å². The summed E-state index contributed by atoms with van der Waals surface area (Å²) in [6, 6.07) is 0. The number of rotatable bonds is 57. The highest BCUT2D eigenvalue weighted by Gasteiger charge is 2.19. The molecule has 6 heteroatoms. The Morgan fingerprint density at radius 1 is 0.282 bits per heavy atom. The molecule has 0 bridgehead atoms. The molecule has 0 saturated carbocycles. The second kappa shape index (κ2) is 59.9. The van der Waals surface area contributed by atoms with Gasteiger partial charge in [-0.2, -0.15) is 0 Å². The first kappa shape index (κ1) is 68.4. The molecule has 6 nitrogen and oxygen atoms in total. The van der Waals surface area contributed by atoms with Crippen molar-refractivity contribution in [2.45, 2.75) is 335 Å². The molecular formula is C65H118O6. The molecule has 414 valence electrons. The van der Waals surface area contributed by atoms with E-state index in [1.807, 2.05) is 0 Å². The summed E-state index contributed by atoms with van der Waals surface area (Å²) in [5, 5.41) is 0. The summed E-state index contributed by atoms with van der Waals surface area (Å²) < 4.78 is 16.9. The Labute approximate surface area is 441 Å². The van der Waals surface area contributed by atoms with Crippen LogP contribution in [0.5, 0.6) is 0 Å². The zero-order valence-corrected chi connectivity index (χ0v) is 47.5. The highest BCUT2D eigenvalue weighted by molar-refractivity contribution is 5.71. The summed E-state index contributed by atoms with van der Waals surface area (Å²) >= 11 is 0. The van der Waals surface area contributed by atoms with Gasteiger partial charge in [-0.3, -0.25) is 14.4 Å². The third-order valence-electron chi connectivity index (χ3n) is 13.8. The van der Waals surface area contributed by atoms with E-state index in [1.165, 1.54) is 225 Å². The first-order valence-corrected chi connectivity index (χ1v) is 31.1. The Hall–Kier alpha value is -2.63. The van der Waals surface area contributed by atoms with E-state index in [4.69, 9.17) is 14.2 Å². The minimum absolute atomic E-state index is 0.0753. The van der Waals surface area contributed by atoms with Crippen LogP contribution in [-0.4, -0.2) is 37.2 Å². The van der Waals surface area contributed by atoms with Crippen molar-refractivity contribution in [3.63, 3.8) is 0 Å². The first-order chi connectivity index (χ1) is 35.0. The molecule has 0 unspecified atom stereocenters. The number of hydrogen-bond acceptors (Lipinski definition) is 6. The van der Waals surface area contributed by atoms with E-state index in [-0.39, 0.29) is 31.1 Å². The van der Waals surface area contributed by atoms with E-state index in [2.05, 4.69) is 69.4 Å². The van der Waals surface area contributed by atoms with Gasteiger partial charge in [0.15, 0.2) is 6.10 Å². The van der Waals surface area contributed by atoms with Crippen LogP contribution in [0.15, 0.2) is 48.6 Å². The van der Waals surface area contributed by atoms with Crippen LogP contribution in [0.4, 0.5) is 0 Å². The molecule has 0 N–H and O–H groups in total. The van der Waals surface area contributed by atoms with Gasteiger partial charge in [-0.25, -0.2) is 0 Å². The van der Waals surface area contributed by atoms with Crippen molar-refractivity contribution in [2.75, 3.05) is 13.2 Å². The maximum absolute atomic E-state index is 12.9. The van der Waals surface area contributed by atoms with E-state index in [0.717, 1.165) is 64.2 Å². The topological polar surface area (TPSA) is 78.9 Å². The molecule has 0 amide bonds. The summed E-state index contributed by atoms with van der Waals surface area (Å²) in [6.07, 6.45) is 73.9. The van der Waals surface area contributed by atoms with Crippen molar-refractivity contribution < 1.29 is 28.6 Å². The van der Waals surface area contributed by atoms with Crippen molar-refractivity contribution in [2.24, 2.45) is 0 Å². The van der Waals surface area contributed by atoms with E-state index in [1.54, 1.807) is 0 Å². The average molecular weight is 996 g/mol. The maximum Gasteiger partial charge on any atom is 0.306 e. The molecule has 0 heterocycles. The zero-order valence-electron chi connectivity index (χ0n) is 47.5. The highest BCUT2D eigenvalue weighted by atomic mass is 16.6. The lowest BCUT2D eigenvalue weighted by Gasteiger charge is -2.18. The van der Waals surface area contributed by atoms with Gasteiger partial charge in [0.1, 0.15) is 13.2 Å². The van der Waals surface area contributed by atoms with Gasteiger partial charge in [0, 0.05) is 19.3 Å². The van der Waals surface area contributed by atoms with Crippen LogP contribution in [0.25, 0.3) is 0 Å². The number of carbonyl (C=O) groups is 3. The number of unbranched alkanes of at least 4 members (excludes halogenated alkanes) is 38. The second-order valence-electron chi connectivity index (χ2n) is 21.0. The Morgan fingerprint density at radius 3 is 0.831 bits per heavy atom.